The Hall–Kier alpha value is -2.27. The van der Waals surface area contributed by atoms with Gasteiger partial charge in [0, 0.05) is 10.0 Å². The third-order valence-electron chi connectivity index (χ3n) is 3.85. The van der Waals surface area contributed by atoms with Gasteiger partial charge in [0.2, 0.25) is 0 Å². The Morgan fingerprint density at radius 1 is 0.815 bits per heavy atom. The maximum Gasteiger partial charge on any atom is 0.257 e. The highest BCUT2D eigenvalue weighted by Crippen LogP contribution is 2.25. The predicted octanol–water partition coefficient (Wildman–Crippen LogP) is 6.00. The van der Waals surface area contributed by atoms with Gasteiger partial charge in [0.05, 0.1) is 17.6 Å². The van der Waals surface area contributed by atoms with Crippen LogP contribution < -0.4 is 4.31 Å². The number of halogens is 2. The van der Waals surface area contributed by atoms with Gasteiger partial charge in [-0.1, -0.05) is 71.7 Å². The molecule has 27 heavy (non-hydrogen) atoms. The first-order chi connectivity index (χ1) is 12.9. The number of sulfonamides is 1. The van der Waals surface area contributed by atoms with E-state index in [-0.39, 0.29) is 6.54 Å². The molecule has 3 aromatic carbocycles. The number of hydrogen-bond donors (Lipinski definition) is 0. The Morgan fingerprint density at radius 2 is 1.48 bits per heavy atom. The van der Waals surface area contributed by atoms with Crippen LogP contribution in [0.15, 0.2) is 84.3 Å². The van der Waals surface area contributed by atoms with Gasteiger partial charge in [-0.05, 0) is 47.5 Å². The molecule has 0 fully saturated rings. The summed E-state index contributed by atoms with van der Waals surface area (Å²) in [5.41, 5.74) is 2.08. The minimum absolute atomic E-state index is 0.198. The third-order valence-corrected chi connectivity index (χ3v) is 5.76. The molecule has 0 aromatic heterocycles. The maximum absolute atomic E-state index is 13.1. The molecule has 3 nitrogen and oxygen atoms in total. The highest BCUT2D eigenvalue weighted by atomic mass is 35.5. The molecule has 0 aliphatic rings. The first-order valence-corrected chi connectivity index (χ1v) is 10.5. The van der Waals surface area contributed by atoms with Crippen LogP contribution in [0.2, 0.25) is 10.0 Å². The number of nitrogens with zero attached hydrogens (tertiary/aromatic N) is 1. The van der Waals surface area contributed by atoms with Crippen LogP contribution in [0, 0.1) is 0 Å². The molecule has 0 aliphatic heterocycles. The van der Waals surface area contributed by atoms with E-state index in [2.05, 4.69) is 0 Å². The molecule has 0 amide bonds. The zero-order chi connectivity index (χ0) is 19.3. The van der Waals surface area contributed by atoms with Gasteiger partial charge < -0.3 is 0 Å². The van der Waals surface area contributed by atoms with Crippen molar-refractivity contribution in [3.8, 4) is 0 Å². The van der Waals surface area contributed by atoms with Gasteiger partial charge in [0.1, 0.15) is 0 Å². The Bertz CT molecular complexity index is 1050. The summed E-state index contributed by atoms with van der Waals surface area (Å²) >= 11 is 12.0. The van der Waals surface area contributed by atoms with Crippen LogP contribution in [0.25, 0.3) is 6.08 Å². The van der Waals surface area contributed by atoms with E-state index in [9.17, 15) is 8.42 Å². The molecule has 138 valence electrons. The standard InChI is InChI=1S/C21H17Cl2NO2S/c22-19-9-4-8-17(14-19)12-13-27(25,26)24(16-18-6-2-1-3-7-18)21-11-5-10-20(23)15-21/h1-15H,16H2. The van der Waals surface area contributed by atoms with Crippen LogP contribution >= 0.6 is 23.2 Å². The summed E-state index contributed by atoms with van der Waals surface area (Å²) in [7, 11) is -3.75. The average molecular weight is 418 g/mol. The number of anilines is 1. The Balaban J connectivity index is 1.97. The van der Waals surface area contributed by atoms with Crippen LogP contribution in [-0.2, 0) is 16.6 Å². The lowest BCUT2D eigenvalue weighted by Crippen LogP contribution is -2.28. The van der Waals surface area contributed by atoms with Gasteiger partial charge in [0.15, 0.2) is 0 Å². The Morgan fingerprint density at radius 3 is 2.15 bits per heavy atom. The van der Waals surface area contributed by atoms with E-state index in [0.29, 0.717) is 21.3 Å². The summed E-state index contributed by atoms with van der Waals surface area (Å²) < 4.78 is 27.5. The molecule has 0 bridgehead atoms. The summed E-state index contributed by atoms with van der Waals surface area (Å²) in [6.45, 7) is 0.198. The zero-order valence-electron chi connectivity index (χ0n) is 14.3. The van der Waals surface area contributed by atoms with E-state index in [1.165, 1.54) is 15.8 Å². The first-order valence-electron chi connectivity index (χ1n) is 8.20. The van der Waals surface area contributed by atoms with Crippen molar-refractivity contribution in [2.24, 2.45) is 0 Å². The van der Waals surface area contributed by atoms with Crippen LogP contribution in [0.1, 0.15) is 11.1 Å². The second-order valence-corrected chi connectivity index (χ2v) is 8.49. The summed E-state index contributed by atoms with van der Waals surface area (Å²) in [5.74, 6) is 0. The van der Waals surface area contributed by atoms with E-state index in [1.807, 2.05) is 30.3 Å². The Kier molecular flexibility index (Phi) is 6.22. The molecule has 0 radical (unpaired) electrons. The van der Waals surface area contributed by atoms with Gasteiger partial charge in [-0.15, -0.1) is 0 Å². The van der Waals surface area contributed by atoms with Crippen LogP contribution in [0.4, 0.5) is 5.69 Å². The quantitative estimate of drug-likeness (QED) is 0.492. The van der Waals surface area contributed by atoms with Gasteiger partial charge in [-0.2, -0.15) is 0 Å². The van der Waals surface area contributed by atoms with Crippen LogP contribution in [0.3, 0.4) is 0 Å². The lowest BCUT2D eigenvalue weighted by Gasteiger charge is -2.23. The monoisotopic (exact) mass is 417 g/mol. The molecule has 0 spiro atoms. The van der Waals surface area contributed by atoms with Gasteiger partial charge in [0.25, 0.3) is 10.0 Å². The SMILES string of the molecule is O=S(=O)(C=Cc1cccc(Cl)c1)N(Cc1ccccc1)c1cccc(Cl)c1. The summed E-state index contributed by atoms with van der Waals surface area (Å²) in [6.07, 6.45) is 1.53. The summed E-state index contributed by atoms with van der Waals surface area (Å²) in [4.78, 5) is 0. The van der Waals surface area contributed by atoms with Gasteiger partial charge in [-0.3, -0.25) is 4.31 Å². The van der Waals surface area contributed by atoms with E-state index < -0.39 is 10.0 Å². The van der Waals surface area contributed by atoms with Crippen molar-refractivity contribution < 1.29 is 8.42 Å². The molecule has 0 saturated carbocycles. The lowest BCUT2D eigenvalue weighted by atomic mass is 10.2. The number of hydrogen-bond acceptors (Lipinski definition) is 2. The largest absolute Gasteiger partial charge is 0.262 e. The topological polar surface area (TPSA) is 37.4 Å². The van der Waals surface area contributed by atoms with Crippen LogP contribution in [-0.4, -0.2) is 8.42 Å². The molecule has 3 rings (SSSR count). The molecule has 0 unspecified atom stereocenters. The van der Waals surface area contributed by atoms with Crippen molar-refractivity contribution in [2.75, 3.05) is 4.31 Å². The first kappa shape index (κ1) is 19.5. The molecule has 3 aromatic rings. The molecule has 0 heterocycles. The van der Waals surface area contributed by atoms with Gasteiger partial charge >= 0.3 is 0 Å². The van der Waals surface area contributed by atoms with Crippen LogP contribution in [0.5, 0.6) is 0 Å². The lowest BCUT2D eigenvalue weighted by molar-refractivity contribution is 0.599. The molecular formula is C21H17Cl2NO2S. The molecular weight excluding hydrogens is 401 g/mol. The highest BCUT2D eigenvalue weighted by molar-refractivity contribution is 7.95. The fraction of sp³-hybridized carbons (Fsp3) is 0.0476. The average Bonchev–Trinajstić information content (AvgIpc) is 2.65. The second-order valence-electron chi connectivity index (χ2n) is 5.87. The van der Waals surface area contributed by atoms with Crippen molar-refractivity contribution >= 4 is 45.0 Å². The fourth-order valence-corrected chi connectivity index (χ4v) is 4.15. The highest BCUT2D eigenvalue weighted by Gasteiger charge is 2.20. The van der Waals surface area contributed by atoms with E-state index in [4.69, 9.17) is 23.2 Å². The molecule has 0 atom stereocenters. The molecule has 6 heteroatoms. The molecule has 0 saturated heterocycles. The molecule has 0 N–H and O–H groups in total. The molecule has 0 aliphatic carbocycles. The van der Waals surface area contributed by atoms with Crippen molar-refractivity contribution in [3.05, 3.63) is 105 Å². The van der Waals surface area contributed by atoms with Crippen molar-refractivity contribution in [2.45, 2.75) is 6.54 Å². The summed E-state index contributed by atoms with van der Waals surface area (Å²) in [6, 6.07) is 23.2. The van der Waals surface area contributed by atoms with E-state index >= 15 is 0 Å². The zero-order valence-corrected chi connectivity index (χ0v) is 16.6. The van der Waals surface area contributed by atoms with Gasteiger partial charge in [-0.25, -0.2) is 8.42 Å². The minimum Gasteiger partial charge on any atom is -0.262 e. The third kappa shape index (κ3) is 5.36. The predicted molar refractivity (Wildman–Crippen MR) is 113 cm³/mol. The summed E-state index contributed by atoms with van der Waals surface area (Å²) in [5, 5.41) is 2.20. The number of benzene rings is 3. The van der Waals surface area contributed by atoms with Crippen molar-refractivity contribution in [3.63, 3.8) is 0 Å². The fourth-order valence-electron chi connectivity index (χ4n) is 2.56. The second kappa shape index (κ2) is 8.61. The number of rotatable bonds is 6. The van der Waals surface area contributed by atoms with Crippen molar-refractivity contribution in [1.29, 1.82) is 0 Å². The normalized spacial score (nSPS) is 11.6. The van der Waals surface area contributed by atoms with E-state index in [0.717, 1.165) is 5.56 Å². The Labute approximate surface area is 169 Å². The maximum atomic E-state index is 13.1. The van der Waals surface area contributed by atoms with Crippen molar-refractivity contribution in [1.82, 2.24) is 0 Å². The van der Waals surface area contributed by atoms with E-state index in [1.54, 1.807) is 48.5 Å². The smallest absolute Gasteiger partial charge is 0.257 e. The minimum atomic E-state index is -3.75.